The minimum absolute atomic E-state index is 0.262. The van der Waals surface area contributed by atoms with E-state index in [1.54, 1.807) is 4.68 Å². The number of nitrogens with two attached hydrogens (primary N) is 2. The number of carbonyl (C=O) groups is 1. The van der Waals surface area contributed by atoms with Crippen LogP contribution in [0.15, 0.2) is 30.5 Å². The summed E-state index contributed by atoms with van der Waals surface area (Å²) in [5, 5.41) is 4.05. The van der Waals surface area contributed by atoms with Crippen molar-refractivity contribution >= 4 is 11.7 Å². The minimum atomic E-state index is -0.557. The van der Waals surface area contributed by atoms with Crippen molar-refractivity contribution in [2.24, 2.45) is 5.73 Å². The lowest BCUT2D eigenvalue weighted by molar-refractivity contribution is 0.100. The van der Waals surface area contributed by atoms with Crippen LogP contribution in [0, 0.1) is 6.92 Å². The summed E-state index contributed by atoms with van der Waals surface area (Å²) in [6.45, 7) is 2.55. The van der Waals surface area contributed by atoms with Crippen LogP contribution in [0.2, 0.25) is 0 Å². The SMILES string of the molecule is Cc1cccc(Cn2ncc(C(N)=O)c2N)c1. The van der Waals surface area contributed by atoms with Gasteiger partial charge < -0.3 is 11.5 Å². The fourth-order valence-corrected chi connectivity index (χ4v) is 1.69. The molecule has 0 spiro atoms. The highest BCUT2D eigenvalue weighted by atomic mass is 16.1. The van der Waals surface area contributed by atoms with Crippen molar-refractivity contribution in [2.45, 2.75) is 13.5 Å². The Kier molecular flexibility index (Phi) is 2.82. The summed E-state index contributed by atoms with van der Waals surface area (Å²) in [7, 11) is 0. The third kappa shape index (κ3) is 2.28. The Balaban J connectivity index is 2.28. The third-order valence-corrected chi connectivity index (χ3v) is 2.56. The molecule has 5 nitrogen and oxygen atoms in total. The van der Waals surface area contributed by atoms with Crippen molar-refractivity contribution in [2.75, 3.05) is 5.73 Å². The molecule has 0 unspecified atom stereocenters. The van der Waals surface area contributed by atoms with Crippen LogP contribution >= 0.6 is 0 Å². The maximum Gasteiger partial charge on any atom is 0.254 e. The number of hydrogen-bond acceptors (Lipinski definition) is 3. The molecule has 2 aromatic rings. The van der Waals surface area contributed by atoms with E-state index < -0.39 is 5.91 Å². The average Bonchev–Trinajstić information content (AvgIpc) is 2.61. The maximum atomic E-state index is 11.0. The van der Waals surface area contributed by atoms with E-state index in [4.69, 9.17) is 11.5 Å². The second kappa shape index (κ2) is 4.29. The van der Waals surface area contributed by atoms with Gasteiger partial charge in [0.25, 0.3) is 5.91 Å². The Labute approximate surface area is 99.0 Å². The number of aryl methyl sites for hydroxylation is 1. The van der Waals surface area contributed by atoms with Crippen molar-refractivity contribution in [3.63, 3.8) is 0 Å². The molecule has 0 saturated carbocycles. The van der Waals surface area contributed by atoms with E-state index in [0.29, 0.717) is 12.4 Å². The first-order valence-corrected chi connectivity index (χ1v) is 5.24. The molecule has 0 radical (unpaired) electrons. The van der Waals surface area contributed by atoms with Crippen LogP contribution in [-0.2, 0) is 6.54 Å². The average molecular weight is 230 g/mol. The number of nitrogen functional groups attached to an aromatic ring is 1. The van der Waals surface area contributed by atoms with Crippen LogP contribution in [0.3, 0.4) is 0 Å². The van der Waals surface area contributed by atoms with Crippen molar-refractivity contribution in [3.05, 3.63) is 47.2 Å². The van der Waals surface area contributed by atoms with Crippen LogP contribution in [-0.4, -0.2) is 15.7 Å². The standard InChI is InChI=1S/C12H14N4O/c1-8-3-2-4-9(5-8)7-16-11(13)10(6-15-16)12(14)17/h2-6H,7,13H2,1H3,(H2,14,17). The lowest BCUT2D eigenvalue weighted by Gasteiger charge is -2.05. The Morgan fingerprint density at radius 3 is 2.82 bits per heavy atom. The molecule has 1 aromatic carbocycles. The molecule has 5 heteroatoms. The summed E-state index contributed by atoms with van der Waals surface area (Å²) in [6, 6.07) is 8.02. The topological polar surface area (TPSA) is 86.9 Å². The number of nitrogens with zero attached hydrogens (tertiary/aromatic N) is 2. The quantitative estimate of drug-likeness (QED) is 0.822. The molecule has 17 heavy (non-hydrogen) atoms. The molecule has 1 aromatic heterocycles. The number of carbonyl (C=O) groups excluding carboxylic acids is 1. The fourth-order valence-electron chi connectivity index (χ4n) is 1.69. The largest absolute Gasteiger partial charge is 0.383 e. The highest BCUT2D eigenvalue weighted by Gasteiger charge is 2.11. The van der Waals surface area contributed by atoms with Gasteiger partial charge in [-0.2, -0.15) is 5.10 Å². The molecule has 0 aliphatic carbocycles. The predicted octanol–water partition coefficient (Wildman–Crippen LogP) is 0.921. The summed E-state index contributed by atoms with van der Waals surface area (Å²) in [4.78, 5) is 11.0. The molecular weight excluding hydrogens is 216 g/mol. The van der Waals surface area contributed by atoms with Crippen LogP contribution in [0.4, 0.5) is 5.82 Å². The van der Waals surface area contributed by atoms with E-state index in [1.165, 1.54) is 11.8 Å². The molecular formula is C12H14N4O. The minimum Gasteiger partial charge on any atom is -0.383 e. The summed E-state index contributed by atoms with van der Waals surface area (Å²) in [6.07, 6.45) is 1.40. The highest BCUT2D eigenvalue weighted by Crippen LogP contribution is 2.13. The Bertz CT molecular complexity index is 559. The Hall–Kier alpha value is -2.30. The van der Waals surface area contributed by atoms with E-state index in [2.05, 4.69) is 5.10 Å². The van der Waals surface area contributed by atoms with E-state index in [1.807, 2.05) is 31.2 Å². The maximum absolute atomic E-state index is 11.0. The summed E-state index contributed by atoms with van der Waals surface area (Å²) < 4.78 is 1.56. The first-order valence-electron chi connectivity index (χ1n) is 5.24. The normalized spacial score (nSPS) is 10.4. The van der Waals surface area contributed by atoms with Crippen LogP contribution < -0.4 is 11.5 Å². The van der Waals surface area contributed by atoms with E-state index in [-0.39, 0.29) is 5.56 Å². The van der Waals surface area contributed by atoms with Gasteiger partial charge in [-0.25, -0.2) is 4.68 Å². The van der Waals surface area contributed by atoms with Crippen LogP contribution in [0.5, 0.6) is 0 Å². The van der Waals surface area contributed by atoms with E-state index in [0.717, 1.165) is 5.56 Å². The first kappa shape index (κ1) is 11.2. The molecule has 2 rings (SSSR count). The van der Waals surface area contributed by atoms with Gasteiger partial charge in [0.2, 0.25) is 0 Å². The van der Waals surface area contributed by atoms with E-state index in [9.17, 15) is 4.79 Å². The number of hydrogen-bond donors (Lipinski definition) is 2. The zero-order valence-electron chi connectivity index (χ0n) is 9.55. The number of aromatic nitrogens is 2. The van der Waals surface area contributed by atoms with Crippen molar-refractivity contribution in [1.82, 2.24) is 9.78 Å². The molecule has 0 fully saturated rings. The summed E-state index contributed by atoms with van der Waals surface area (Å²) >= 11 is 0. The monoisotopic (exact) mass is 230 g/mol. The molecule has 4 N–H and O–H groups in total. The number of rotatable bonds is 3. The third-order valence-electron chi connectivity index (χ3n) is 2.56. The van der Waals surface area contributed by atoms with Crippen molar-refractivity contribution in [1.29, 1.82) is 0 Å². The Morgan fingerprint density at radius 1 is 1.47 bits per heavy atom. The lowest BCUT2D eigenvalue weighted by atomic mass is 10.1. The Morgan fingerprint density at radius 2 is 2.24 bits per heavy atom. The molecule has 0 bridgehead atoms. The number of benzene rings is 1. The molecule has 88 valence electrons. The van der Waals surface area contributed by atoms with E-state index >= 15 is 0 Å². The van der Waals surface area contributed by atoms with Gasteiger partial charge in [-0.05, 0) is 12.5 Å². The number of amides is 1. The highest BCUT2D eigenvalue weighted by molar-refractivity contribution is 5.96. The second-order valence-corrected chi connectivity index (χ2v) is 3.95. The molecule has 1 amide bonds. The molecule has 1 heterocycles. The van der Waals surface area contributed by atoms with Crippen LogP contribution in [0.1, 0.15) is 21.5 Å². The summed E-state index contributed by atoms with van der Waals surface area (Å²) in [5.41, 5.74) is 13.5. The number of anilines is 1. The van der Waals surface area contributed by atoms with Gasteiger partial charge in [0.1, 0.15) is 11.4 Å². The van der Waals surface area contributed by atoms with Gasteiger partial charge in [-0.15, -0.1) is 0 Å². The van der Waals surface area contributed by atoms with Gasteiger partial charge >= 0.3 is 0 Å². The fraction of sp³-hybridized carbons (Fsp3) is 0.167. The van der Waals surface area contributed by atoms with Gasteiger partial charge in [-0.1, -0.05) is 29.8 Å². The van der Waals surface area contributed by atoms with Gasteiger partial charge in [0.05, 0.1) is 12.7 Å². The van der Waals surface area contributed by atoms with Crippen molar-refractivity contribution < 1.29 is 4.79 Å². The van der Waals surface area contributed by atoms with Crippen LogP contribution in [0.25, 0.3) is 0 Å². The molecule has 0 saturated heterocycles. The van der Waals surface area contributed by atoms with Gasteiger partial charge in [0.15, 0.2) is 0 Å². The number of primary amides is 1. The van der Waals surface area contributed by atoms with Gasteiger partial charge in [-0.3, -0.25) is 4.79 Å². The van der Waals surface area contributed by atoms with Crippen molar-refractivity contribution in [3.8, 4) is 0 Å². The lowest BCUT2D eigenvalue weighted by Crippen LogP contribution is -2.14. The zero-order chi connectivity index (χ0) is 12.4. The van der Waals surface area contributed by atoms with Gasteiger partial charge in [0, 0.05) is 0 Å². The first-order chi connectivity index (χ1) is 8.08. The molecule has 0 atom stereocenters. The zero-order valence-corrected chi connectivity index (χ0v) is 9.55. The summed E-state index contributed by atoms with van der Waals surface area (Å²) in [5.74, 6) is -0.253. The molecule has 0 aliphatic heterocycles. The molecule has 0 aliphatic rings. The predicted molar refractivity (Wildman–Crippen MR) is 65.4 cm³/mol. The second-order valence-electron chi connectivity index (χ2n) is 3.95. The smallest absolute Gasteiger partial charge is 0.254 e.